The fraction of sp³-hybridized carbons (Fsp3) is 0.500. The molecule has 1 aromatic rings. The van der Waals surface area contributed by atoms with Crippen LogP contribution in [0.2, 0.25) is 0 Å². The van der Waals surface area contributed by atoms with Crippen molar-refractivity contribution in [2.24, 2.45) is 0 Å². The Hall–Kier alpha value is -1.43. The average molecular weight is 506 g/mol. The summed E-state index contributed by atoms with van der Waals surface area (Å²) in [5.41, 5.74) is -3.48. The number of nitrogens with one attached hydrogen (secondary N) is 1. The molecule has 1 fully saturated rings. The van der Waals surface area contributed by atoms with Gasteiger partial charge in [-0.2, -0.15) is 8.62 Å². The molecule has 2 rings (SSSR count). The molecule has 0 saturated carbocycles. The van der Waals surface area contributed by atoms with E-state index in [9.17, 15) is 33.3 Å². The molecule has 1 aliphatic rings. The summed E-state index contributed by atoms with van der Waals surface area (Å²) >= 11 is 0. The van der Waals surface area contributed by atoms with E-state index in [0.29, 0.717) is 0 Å². The van der Waals surface area contributed by atoms with E-state index in [-0.39, 0.29) is 5.56 Å². The predicted octanol–water partition coefficient (Wildman–Crippen LogP) is -1.38. The molecule has 6 N–H and O–H groups in total. The molecule has 16 nitrogen and oxygen atoms in total. The average Bonchev–Trinajstić information content (AvgIpc) is 2.90. The highest BCUT2D eigenvalue weighted by Crippen LogP contribution is 2.66. The van der Waals surface area contributed by atoms with Crippen molar-refractivity contribution in [2.75, 3.05) is 6.61 Å². The molecule has 31 heavy (non-hydrogen) atoms. The van der Waals surface area contributed by atoms with Gasteiger partial charge in [0.1, 0.15) is 6.10 Å². The fourth-order valence-corrected chi connectivity index (χ4v) is 5.59. The lowest BCUT2D eigenvalue weighted by atomic mass is 10.1. The number of aromatic nitrogens is 2. The monoisotopic (exact) mass is 506 g/mol. The van der Waals surface area contributed by atoms with E-state index < -0.39 is 65.7 Å². The zero-order valence-corrected chi connectivity index (χ0v) is 18.1. The van der Waals surface area contributed by atoms with Crippen LogP contribution in [0.1, 0.15) is 12.0 Å². The number of phosphoric acid groups is 3. The highest BCUT2D eigenvalue weighted by Gasteiger charge is 2.49. The van der Waals surface area contributed by atoms with Crippen LogP contribution in [0, 0.1) is 19.3 Å². The summed E-state index contributed by atoms with van der Waals surface area (Å²) in [5.74, 6) is 2.15. The van der Waals surface area contributed by atoms with Crippen molar-refractivity contribution in [3.63, 3.8) is 0 Å². The van der Waals surface area contributed by atoms with Gasteiger partial charge in [-0.3, -0.25) is 18.9 Å². The summed E-state index contributed by atoms with van der Waals surface area (Å²) in [6.07, 6.45) is 3.15. The Balaban J connectivity index is 2.17. The Morgan fingerprint density at radius 2 is 1.87 bits per heavy atom. The van der Waals surface area contributed by atoms with E-state index in [4.69, 9.17) is 25.8 Å². The van der Waals surface area contributed by atoms with Crippen LogP contribution in [-0.2, 0) is 37.3 Å². The van der Waals surface area contributed by atoms with Gasteiger partial charge in [0, 0.05) is 18.2 Å². The molecule has 0 bridgehead atoms. The van der Waals surface area contributed by atoms with Crippen LogP contribution < -0.4 is 11.2 Å². The topological polar surface area (TPSA) is 244 Å². The number of rotatable bonds is 8. The Kier molecular flexibility index (Phi) is 7.36. The van der Waals surface area contributed by atoms with Gasteiger partial charge in [-0.05, 0) is 12.8 Å². The van der Waals surface area contributed by atoms with E-state index >= 15 is 0 Å². The van der Waals surface area contributed by atoms with Crippen molar-refractivity contribution in [3.05, 3.63) is 32.6 Å². The van der Waals surface area contributed by atoms with Gasteiger partial charge in [0.05, 0.1) is 12.7 Å². The Morgan fingerprint density at radius 1 is 1.26 bits per heavy atom. The van der Waals surface area contributed by atoms with Gasteiger partial charge < -0.3 is 29.4 Å². The second kappa shape index (κ2) is 8.84. The quantitative estimate of drug-likeness (QED) is 0.176. The van der Waals surface area contributed by atoms with Gasteiger partial charge in [0.2, 0.25) is 5.72 Å². The lowest BCUT2D eigenvalue weighted by Gasteiger charge is -2.26. The molecular formula is C12H17N2O14P3. The summed E-state index contributed by atoms with van der Waals surface area (Å²) < 4.78 is 51.5. The number of H-pyrrole nitrogens is 1. The van der Waals surface area contributed by atoms with Crippen molar-refractivity contribution in [1.82, 2.24) is 9.55 Å². The number of aliphatic hydroxyl groups excluding tert-OH is 1. The van der Waals surface area contributed by atoms with Crippen LogP contribution in [0.15, 0.2) is 15.8 Å². The first-order chi connectivity index (χ1) is 14.0. The third-order valence-electron chi connectivity index (χ3n) is 3.81. The number of hydrogen-bond donors (Lipinski definition) is 6. The highest BCUT2D eigenvalue weighted by atomic mass is 31.3. The summed E-state index contributed by atoms with van der Waals surface area (Å²) in [5, 5.41) is 10.2. The molecule has 1 saturated heterocycles. The first-order valence-electron chi connectivity index (χ1n) is 7.94. The fourth-order valence-electron chi connectivity index (χ4n) is 2.56. The maximum Gasteiger partial charge on any atom is 0.490 e. The van der Waals surface area contributed by atoms with E-state index in [2.05, 4.69) is 19.1 Å². The van der Waals surface area contributed by atoms with Crippen LogP contribution in [-0.4, -0.2) is 53.0 Å². The van der Waals surface area contributed by atoms with Gasteiger partial charge >= 0.3 is 29.2 Å². The first-order valence-corrected chi connectivity index (χ1v) is 12.5. The summed E-state index contributed by atoms with van der Waals surface area (Å²) in [4.78, 5) is 61.2. The SMILES string of the molecule is C#C[C@]1(n2cc(C)c(=O)[nH]c2=O)C[C@H](O)[C@@H](COP(=O)(O)OP(=O)(O)OP(=O)(O)O)O1. The van der Waals surface area contributed by atoms with Crippen molar-refractivity contribution in [2.45, 2.75) is 31.3 Å². The smallest absolute Gasteiger partial charge is 0.390 e. The molecule has 19 heteroatoms. The standard InChI is InChI=1S/C12H17N2O14P3/c1-3-12(14-5-7(2)10(16)13-11(14)17)4-8(15)9(26-12)6-25-30(21,22)28-31(23,24)27-29(18,19)20/h1,5,8-9,15H,4,6H2,2H3,(H,21,22)(H,23,24)(H,13,16,17)(H2,18,19,20)/t8-,9+,12+/m0/s1. The van der Waals surface area contributed by atoms with Gasteiger partial charge in [-0.25, -0.2) is 18.5 Å². The maximum atomic E-state index is 12.1. The molecule has 1 aliphatic heterocycles. The number of aromatic amines is 1. The second-order valence-corrected chi connectivity index (χ2v) is 10.6. The molecule has 0 amide bonds. The summed E-state index contributed by atoms with van der Waals surface area (Å²) in [7, 11) is -16.8. The van der Waals surface area contributed by atoms with Crippen LogP contribution in [0.3, 0.4) is 0 Å². The molecular weight excluding hydrogens is 489 g/mol. The van der Waals surface area contributed by atoms with Crippen molar-refractivity contribution in [3.8, 4) is 12.3 Å². The third-order valence-corrected chi connectivity index (χ3v) is 7.62. The maximum absolute atomic E-state index is 12.1. The molecule has 0 radical (unpaired) electrons. The van der Waals surface area contributed by atoms with Gasteiger partial charge in [-0.15, -0.1) is 6.42 Å². The minimum absolute atomic E-state index is 0.0871. The van der Waals surface area contributed by atoms with E-state index in [0.717, 1.165) is 10.8 Å². The summed E-state index contributed by atoms with van der Waals surface area (Å²) in [6.45, 7) is 0.391. The molecule has 2 unspecified atom stereocenters. The van der Waals surface area contributed by atoms with Crippen molar-refractivity contribution in [1.29, 1.82) is 0 Å². The lowest BCUT2D eigenvalue weighted by Crippen LogP contribution is -2.44. The molecule has 0 aromatic carbocycles. The number of phosphoric ester groups is 1. The number of hydrogen-bond acceptors (Lipinski definition) is 10. The second-order valence-electron chi connectivity index (χ2n) is 6.18. The minimum Gasteiger partial charge on any atom is -0.390 e. The third kappa shape index (κ3) is 6.53. The largest absolute Gasteiger partial charge is 0.490 e. The number of ether oxygens (including phenoxy) is 1. The van der Waals surface area contributed by atoms with Crippen LogP contribution in [0.5, 0.6) is 0 Å². The van der Waals surface area contributed by atoms with Gasteiger partial charge in [-0.1, -0.05) is 0 Å². The number of terminal acetylenes is 1. The molecule has 5 atom stereocenters. The van der Waals surface area contributed by atoms with Gasteiger partial charge in [0.15, 0.2) is 0 Å². The van der Waals surface area contributed by atoms with Gasteiger partial charge in [0.25, 0.3) is 5.56 Å². The summed E-state index contributed by atoms with van der Waals surface area (Å²) in [6, 6.07) is 0. The molecule has 1 aromatic heterocycles. The molecule has 0 aliphatic carbocycles. The number of aryl methyl sites for hydroxylation is 1. The molecule has 0 spiro atoms. The van der Waals surface area contributed by atoms with Crippen molar-refractivity contribution < 1.29 is 56.3 Å². The Bertz CT molecular complexity index is 1150. The Labute approximate surface area is 172 Å². The predicted molar refractivity (Wildman–Crippen MR) is 98.2 cm³/mol. The minimum atomic E-state index is -5.72. The van der Waals surface area contributed by atoms with E-state index in [1.54, 1.807) is 0 Å². The van der Waals surface area contributed by atoms with Crippen LogP contribution >= 0.6 is 23.5 Å². The zero-order chi connectivity index (χ0) is 23.8. The molecule has 2 heterocycles. The molecule has 174 valence electrons. The number of nitrogens with zero attached hydrogens (tertiary/aromatic N) is 1. The lowest BCUT2D eigenvalue weighted by molar-refractivity contribution is -0.0825. The van der Waals surface area contributed by atoms with E-state index in [1.165, 1.54) is 6.92 Å². The normalized spacial score (nSPS) is 27.9. The van der Waals surface area contributed by atoms with Crippen molar-refractivity contribution >= 4 is 23.5 Å². The highest BCUT2D eigenvalue weighted by molar-refractivity contribution is 7.66. The zero-order valence-electron chi connectivity index (χ0n) is 15.4. The van der Waals surface area contributed by atoms with E-state index in [1.807, 2.05) is 4.98 Å². The van der Waals surface area contributed by atoms with Crippen LogP contribution in [0.4, 0.5) is 0 Å². The Morgan fingerprint density at radius 3 is 2.42 bits per heavy atom. The first kappa shape index (κ1) is 25.8. The van der Waals surface area contributed by atoms with Crippen LogP contribution in [0.25, 0.3) is 0 Å². The number of aliphatic hydroxyl groups is 1.